The van der Waals surface area contributed by atoms with Crippen LogP contribution < -0.4 is 10.6 Å². The van der Waals surface area contributed by atoms with Gasteiger partial charge in [-0.1, -0.05) is 12.8 Å². The van der Waals surface area contributed by atoms with E-state index in [-0.39, 0.29) is 35.3 Å². The van der Waals surface area contributed by atoms with E-state index < -0.39 is 0 Å². The molecule has 1 saturated heterocycles. The third kappa shape index (κ3) is 7.67. The first-order valence-corrected chi connectivity index (χ1v) is 10.5. The Morgan fingerprint density at radius 3 is 2.43 bits per heavy atom. The fourth-order valence-electron chi connectivity index (χ4n) is 4.30. The van der Waals surface area contributed by atoms with Crippen LogP contribution in [0, 0.1) is 5.41 Å². The highest BCUT2D eigenvalue weighted by Crippen LogP contribution is 2.38. The maximum atomic E-state index is 12.7. The van der Waals surface area contributed by atoms with E-state index in [1.165, 1.54) is 32.6 Å². The molecule has 1 aliphatic heterocycles. The first kappa shape index (κ1) is 25.4. The molecule has 2 fully saturated rings. The minimum atomic E-state index is -0.265. The smallest absolute Gasteiger partial charge is 0.230 e. The van der Waals surface area contributed by atoms with E-state index in [1.807, 2.05) is 14.1 Å². The van der Waals surface area contributed by atoms with Gasteiger partial charge in [-0.2, -0.15) is 0 Å². The maximum absolute atomic E-state index is 12.7. The summed E-state index contributed by atoms with van der Waals surface area (Å²) >= 11 is 0. The molecule has 0 spiro atoms. The van der Waals surface area contributed by atoms with E-state index in [2.05, 4.69) is 32.5 Å². The molecule has 2 aliphatic rings. The predicted molar refractivity (Wildman–Crippen MR) is 128 cm³/mol. The molecular weight excluding hydrogens is 467 g/mol. The number of aliphatic imine (C=N–C) groups is 1. The highest BCUT2D eigenvalue weighted by Gasteiger charge is 2.42. The Hall–Kier alpha value is -0.610. The Bertz CT molecular complexity index is 493. The Morgan fingerprint density at radius 1 is 1.07 bits per heavy atom. The molecule has 8 heteroatoms. The zero-order valence-corrected chi connectivity index (χ0v) is 20.6. The van der Waals surface area contributed by atoms with E-state index >= 15 is 0 Å². The summed E-state index contributed by atoms with van der Waals surface area (Å²) in [4.78, 5) is 23.7. The summed E-state index contributed by atoms with van der Waals surface area (Å²) in [6.45, 7) is 7.44. The van der Waals surface area contributed by atoms with E-state index in [1.54, 1.807) is 11.9 Å². The largest absolute Gasteiger partial charge is 0.356 e. The van der Waals surface area contributed by atoms with Gasteiger partial charge in [0, 0.05) is 47.3 Å². The summed E-state index contributed by atoms with van der Waals surface area (Å²) in [6, 6.07) is 0. The second-order valence-electron chi connectivity index (χ2n) is 8.39. The third-order valence-electron chi connectivity index (χ3n) is 5.99. The zero-order chi connectivity index (χ0) is 19.7. The molecule has 1 saturated carbocycles. The Morgan fingerprint density at radius 2 is 1.79 bits per heavy atom. The second-order valence-corrected chi connectivity index (χ2v) is 8.39. The summed E-state index contributed by atoms with van der Waals surface area (Å²) in [7, 11) is 7.72. The highest BCUT2D eigenvalue weighted by molar-refractivity contribution is 14.0. The molecule has 164 valence electrons. The Balaban J connectivity index is 0.00000392. The summed E-state index contributed by atoms with van der Waals surface area (Å²) in [5.41, 5.74) is -0.265. The van der Waals surface area contributed by atoms with Gasteiger partial charge in [0.05, 0.1) is 5.41 Å². The van der Waals surface area contributed by atoms with Gasteiger partial charge in [-0.3, -0.25) is 9.79 Å². The second kappa shape index (κ2) is 12.8. The van der Waals surface area contributed by atoms with Gasteiger partial charge in [-0.25, -0.2) is 0 Å². The van der Waals surface area contributed by atoms with Crippen LogP contribution in [0.5, 0.6) is 0 Å². The van der Waals surface area contributed by atoms with Gasteiger partial charge in [0.2, 0.25) is 5.91 Å². The van der Waals surface area contributed by atoms with Crippen molar-refractivity contribution in [1.29, 1.82) is 0 Å². The quantitative estimate of drug-likeness (QED) is 0.236. The number of nitrogens with one attached hydrogen (secondary N) is 2. The molecule has 0 aromatic heterocycles. The predicted octanol–water partition coefficient (Wildman–Crippen LogP) is 1.45. The minimum Gasteiger partial charge on any atom is -0.356 e. The normalized spacial score (nSPS) is 20.9. The number of halogens is 1. The standard InChI is InChI=1S/C20H40N6O.HI/c1-21-19(22-11-7-13-26-14-8-12-25(4)15-16-26)23-17-20(9-5-6-10-20)18(27)24(2)3;/h5-17H2,1-4H3,(H2,21,22,23);1H. The lowest BCUT2D eigenvalue weighted by atomic mass is 9.84. The number of likely N-dealkylation sites (N-methyl/N-ethyl adjacent to an activating group) is 1. The number of amides is 1. The topological polar surface area (TPSA) is 63.2 Å². The van der Waals surface area contributed by atoms with E-state index in [4.69, 9.17) is 0 Å². The molecule has 2 N–H and O–H groups in total. The van der Waals surface area contributed by atoms with Crippen LogP contribution in [-0.2, 0) is 4.79 Å². The average Bonchev–Trinajstić information content (AvgIpc) is 3.04. The van der Waals surface area contributed by atoms with Crippen molar-refractivity contribution in [3.63, 3.8) is 0 Å². The van der Waals surface area contributed by atoms with Crippen molar-refractivity contribution < 1.29 is 4.79 Å². The lowest BCUT2D eigenvalue weighted by Gasteiger charge is -2.31. The van der Waals surface area contributed by atoms with Gasteiger partial charge >= 0.3 is 0 Å². The van der Waals surface area contributed by atoms with Crippen molar-refractivity contribution in [2.75, 3.05) is 74.0 Å². The lowest BCUT2D eigenvalue weighted by Crippen LogP contribution is -2.49. The number of nitrogens with zero attached hydrogens (tertiary/aromatic N) is 4. The molecule has 0 aromatic carbocycles. The van der Waals surface area contributed by atoms with Crippen LogP contribution in [-0.4, -0.2) is 101 Å². The van der Waals surface area contributed by atoms with Crippen LogP contribution in [0.2, 0.25) is 0 Å². The molecule has 1 aliphatic carbocycles. The van der Waals surface area contributed by atoms with Crippen molar-refractivity contribution in [2.24, 2.45) is 10.4 Å². The average molecular weight is 508 g/mol. The van der Waals surface area contributed by atoms with Crippen LogP contribution >= 0.6 is 24.0 Å². The van der Waals surface area contributed by atoms with Crippen LogP contribution in [0.4, 0.5) is 0 Å². The molecule has 0 bridgehead atoms. The molecule has 28 heavy (non-hydrogen) atoms. The molecule has 1 heterocycles. The molecule has 0 radical (unpaired) electrons. The van der Waals surface area contributed by atoms with Gasteiger partial charge in [0.15, 0.2) is 5.96 Å². The molecular formula is C20H41IN6O. The lowest BCUT2D eigenvalue weighted by molar-refractivity contribution is -0.138. The van der Waals surface area contributed by atoms with Gasteiger partial charge in [0.25, 0.3) is 0 Å². The van der Waals surface area contributed by atoms with Crippen LogP contribution in [0.25, 0.3) is 0 Å². The molecule has 7 nitrogen and oxygen atoms in total. The maximum Gasteiger partial charge on any atom is 0.230 e. The Kier molecular flexibility index (Phi) is 11.7. The Labute approximate surface area is 188 Å². The molecule has 0 unspecified atom stereocenters. The first-order chi connectivity index (χ1) is 13.0. The fraction of sp³-hybridized carbons (Fsp3) is 0.900. The van der Waals surface area contributed by atoms with Crippen molar-refractivity contribution >= 4 is 35.8 Å². The van der Waals surface area contributed by atoms with E-state index in [0.717, 1.165) is 51.2 Å². The minimum absolute atomic E-state index is 0. The summed E-state index contributed by atoms with van der Waals surface area (Å²) in [5.74, 6) is 1.05. The molecule has 2 rings (SSSR count). The number of carbonyl (C=O) groups excluding carboxylic acids is 1. The number of carbonyl (C=O) groups is 1. The molecule has 0 atom stereocenters. The number of rotatable bonds is 7. The first-order valence-electron chi connectivity index (χ1n) is 10.5. The fourth-order valence-corrected chi connectivity index (χ4v) is 4.30. The number of guanidine groups is 1. The van der Waals surface area contributed by atoms with E-state index in [0.29, 0.717) is 6.54 Å². The van der Waals surface area contributed by atoms with Crippen LogP contribution in [0.1, 0.15) is 38.5 Å². The van der Waals surface area contributed by atoms with Crippen molar-refractivity contribution in [2.45, 2.75) is 38.5 Å². The van der Waals surface area contributed by atoms with Crippen LogP contribution in [0.3, 0.4) is 0 Å². The van der Waals surface area contributed by atoms with Crippen molar-refractivity contribution in [1.82, 2.24) is 25.3 Å². The SMILES string of the molecule is CN=C(NCCCN1CCCN(C)CC1)NCC1(C(=O)N(C)C)CCCC1.I. The van der Waals surface area contributed by atoms with Gasteiger partial charge in [-0.15, -0.1) is 24.0 Å². The number of hydrogen-bond acceptors (Lipinski definition) is 4. The zero-order valence-electron chi connectivity index (χ0n) is 18.3. The summed E-state index contributed by atoms with van der Waals surface area (Å²) in [5, 5.41) is 6.83. The summed E-state index contributed by atoms with van der Waals surface area (Å²) in [6.07, 6.45) is 6.58. The molecule has 1 amide bonds. The molecule has 0 aromatic rings. The highest BCUT2D eigenvalue weighted by atomic mass is 127. The van der Waals surface area contributed by atoms with Crippen molar-refractivity contribution in [3.05, 3.63) is 0 Å². The number of hydrogen-bond donors (Lipinski definition) is 2. The monoisotopic (exact) mass is 508 g/mol. The third-order valence-corrected chi connectivity index (χ3v) is 5.99. The van der Waals surface area contributed by atoms with Crippen molar-refractivity contribution in [3.8, 4) is 0 Å². The van der Waals surface area contributed by atoms with Gasteiger partial charge in [0.1, 0.15) is 0 Å². The van der Waals surface area contributed by atoms with Crippen LogP contribution in [0.15, 0.2) is 4.99 Å². The van der Waals surface area contributed by atoms with Gasteiger partial charge in [-0.05, 0) is 52.4 Å². The summed E-state index contributed by atoms with van der Waals surface area (Å²) < 4.78 is 0. The van der Waals surface area contributed by atoms with Gasteiger partial charge < -0.3 is 25.3 Å². The van der Waals surface area contributed by atoms with E-state index in [9.17, 15) is 4.79 Å².